The van der Waals surface area contributed by atoms with Crippen LogP contribution in [0, 0.1) is 17.8 Å². The van der Waals surface area contributed by atoms with Crippen molar-refractivity contribution in [3.05, 3.63) is 33.1 Å². The van der Waals surface area contributed by atoms with Crippen LogP contribution >= 0.6 is 11.3 Å². The number of aromatic nitrogens is 2. The fraction of sp³-hybridized carbons (Fsp3) is 0.524. The maximum atomic E-state index is 12.5. The van der Waals surface area contributed by atoms with Crippen LogP contribution in [-0.4, -0.2) is 42.1 Å². The van der Waals surface area contributed by atoms with Crippen LogP contribution in [0.1, 0.15) is 29.7 Å². The smallest absolute Gasteiger partial charge is 0.351 e. The van der Waals surface area contributed by atoms with Crippen molar-refractivity contribution < 1.29 is 14.2 Å². The zero-order chi connectivity index (χ0) is 18.9. The van der Waals surface area contributed by atoms with Gasteiger partial charge in [-0.05, 0) is 30.9 Å². The molecular formula is C21H22N2O4S. The third-order valence-corrected chi connectivity index (χ3v) is 6.56. The molecule has 6 nitrogen and oxygen atoms in total. The molecule has 1 saturated heterocycles. The predicted octanol–water partition coefficient (Wildman–Crippen LogP) is 2.47. The molecule has 2 fully saturated rings. The molecule has 5 rings (SSSR count). The number of nitrogens with zero attached hydrogens (tertiary/aromatic N) is 2. The molecule has 0 bridgehead atoms. The van der Waals surface area contributed by atoms with Crippen LogP contribution in [-0.2, 0) is 22.4 Å². The minimum Gasteiger partial charge on any atom is -0.475 e. The van der Waals surface area contributed by atoms with Gasteiger partial charge in [0.1, 0.15) is 12.7 Å². The van der Waals surface area contributed by atoms with Gasteiger partial charge in [0.2, 0.25) is 5.88 Å². The maximum absolute atomic E-state index is 12.5. The Labute approximate surface area is 167 Å². The number of thiophene rings is 1. The lowest BCUT2D eigenvalue weighted by atomic mass is 9.86. The second-order valence-corrected chi connectivity index (χ2v) is 8.46. The van der Waals surface area contributed by atoms with Crippen molar-refractivity contribution in [2.24, 2.45) is 5.92 Å². The van der Waals surface area contributed by atoms with Gasteiger partial charge in [0.15, 0.2) is 0 Å². The van der Waals surface area contributed by atoms with E-state index in [-0.39, 0.29) is 11.8 Å². The van der Waals surface area contributed by atoms with Crippen molar-refractivity contribution in [3.63, 3.8) is 0 Å². The summed E-state index contributed by atoms with van der Waals surface area (Å²) in [5, 5.41) is 0. The van der Waals surface area contributed by atoms with Crippen LogP contribution in [0.15, 0.2) is 16.9 Å². The minimum absolute atomic E-state index is 0.125. The van der Waals surface area contributed by atoms with E-state index in [0.717, 1.165) is 21.9 Å². The summed E-state index contributed by atoms with van der Waals surface area (Å²) in [6, 6.07) is 4.04. The zero-order valence-corrected chi connectivity index (χ0v) is 16.4. The van der Waals surface area contributed by atoms with Gasteiger partial charge < -0.3 is 14.2 Å². The summed E-state index contributed by atoms with van der Waals surface area (Å²) < 4.78 is 18.5. The number of rotatable bonds is 3. The summed E-state index contributed by atoms with van der Waals surface area (Å²) in [7, 11) is 0. The van der Waals surface area contributed by atoms with Gasteiger partial charge >= 0.3 is 5.69 Å². The molecule has 0 amide bonds. The summed E-state index contributed by atoms with van der Waals surface area (Å²) in [5.74, 6) is 7.61. The van der Waals surface area contributed by atoms with Gasteiger partial charge in [-0.1, -0.05) is 18.3 Å². The minimum atomic E-state index is -0.269. The first kappa shape index (κ1) is 17.9. The summed E-state index contributed by atoms with van der Waals surface area (Å²) in [5.41, 5.74) is 1.86. The molecule has 28 heavy (non-hydrogen) atoms. The van der Waals surface area contributed by atoms with Crippen molar-refractivity contribution in [2.45, 2.75) is 38.3 Å². The molecule has 4 heterocycles. The van der Waals surface area contributed by atoms with Gasteiger partial charge in [-0.3, -0.25) is 4.57 Å². The van der Waals surface area contributed by atoms with Crippen LogP contribution in [0.5, 0.6) is 5.88 Å². The average Bonchev–Trinajstić information content (AvgIpc) is 3.09. The molecular weight excluding hydrogens is 376 g/mol. The van der Waals surface area contributed by atoms with Crippen molar-refractivity contribution in [1.29, 1.82) is 0 Å². The Hall–Kier alpha value is -2.14. The van der Waals surface area contributed by atoms with Gasteiger partial charge in [-0.2, -0.15) is 4.98 Å². The summed E-state index contributed by atoms with van der Waals surface area (Å²) in [6.45, 7) is 2.65. The second kappa shape index (κ2) is 7.70. The Morgan fingerprint density at radius 1 is 1.32 bits per heavy atom. The van der Waals surface area contributed by atoms with E-state index in [9.17, 15) is 4.79 Å². The van der Waals surface area contributed by atoms with Crippen molar-refractivity contribution in [2.75, 3.05) is 26.4 Å². The SMILES string of the molecule is O=c1nc(OC[C@@H]2COCCO2)cc2n1CCc1cc(C#CC3CCC3)sc1-2. The fourth-order valence-electron chi connectivity index (χ4n) is 3.62. The second-order valence-electron chi connectivity index (χ2n) is 7.40. The van der Waals surface area contributed by atoms with Gasteiger partial charge in [0.25, 0.3) is 0 Å². The Kier molecular flexibility index (Phi) is 4.93. The summed E-state index contributed by atoms with van der Waals surface area (Å²) in [6.07, 6.45) is 4.44. The van der Waals surface area contributed by atoms with Crippen LogP contribution in [0.2, 0.25) is 0 Å². The first-order chi connectivity index (χ1) is 13.8. The average molecular weight is 398 g/mol. The molecule has 0 radical (unpaired) electrons. The van der Waals surface area contributed by atoms with Gasteiger partial charge in [0, 0.05) is 18.5 Å². The lowest BCUT2D eigenvalue weighted by Gasteiger charge is -2.23. The summed E-state index contributed by atoms with van der Waals surface area (Å²) >= 11 is 1.66. The van der Waals surface area contributed by atoms with E-state index in [1.807, 2.05) is 6.07 Å². The molecule has 0 aromatic carbocycles. The van der Waals surface area contributed by atoms with E-state index < -0.39 is 0 Å². The molecule has 7 heteroatoms. The standard InChI is InChI=1S/C21H22N2O4S/c24-21-22-19(27-13-16-12-25-8-9-26-16)11-18-20-15(6-7-23(18)21)10-17(28-20)5-4-14-2-1-3-14/h10-11,14,16H,1-3,6-9,12-13H2/t16-/m0/s1. The molecule has 2 aromatic heterocycles. The third-order valence-electron chi connectivity index (χ3n) is 5.44. The Balaban J connectivity index is 1.39. The number of hydrogen-bond donors (Lipinski definition) is 0. The monoisotopic (exact) mass is 398 g/mol. The number of hydrogen-bond acceptors (Lipinski definition) is 6. The van der Waals surface area contributed by atoms with E-state index in [0.29, 0.717) is 44.8 Å². The van der Waals surface area contributed by atoms with Crippen molar-refractivity contribution >= 4 is 11.3 Å². The zero-order valence-electron chi connectivity index (χ0n) is 15.6. The van der Waals surface area contributed by atoms with Gasteiger partial charge in [-0.25, -0.2) is 4.79 Å². The third kappa shape index (κ3) is 3.60. The maximum Gasteiger partial charge on any atom is 0.351 e. The van der Waals surface area contributed by atoms with Crippen molar-refractivity contribution in [1.82, 2.24) is 9.55 Å². The lowest BCUT2D eigenvalue weighted by molar-refractivity contribution is -0.102. The number of aryl methyl sites for hydroxylation is 1. The highest BCUT2D eigenvalue weighted by Gasteiger charge is 2.23. The van der Waals surface area contributed by atoms with Gasteiger partial charge in [-0.15, -0.1) is 11.3 Å². The number of fused-ring (bicyclic) bond motifs is 3. The summed E-state index contributed by atoms with van der Waals surface area (Å²) in [4.78, 5) is 18.8. The molecule has 0 unspecified atom stereocenters. The highest BCUT2D eigenvalue weighted by atomic mass is 32.1. The molecule has 3 aliphatic rings. The highest BCUT2D eigenvalue weighted by molar-refractivity contribution is 7.16. The normalized spacial score (nSPS) is 21.1. The van der Waals surface area contributed by atoms with Crippen LogP contribution in [0.25, 0.3) is 10.6 Å². The van der Waals surface area contributed by atoms with E-state index in [1.54, 1.807) is 15.9 Å². The molecule has 146 valence electrons. The van der Waals surface area contributed by atoms with Crippen LogP contribution in [0.4, 0.5) is 0 Å². The van der Waals surface area contributed by atoms with Gasteiger partial charge in [0.05, 0.1) is 35.3 Å². The van der Waals surface area contributed by atoms with Crippen LogP contribution in [0.3, 0.4) is 0 Å². The van der Waals surface area contributed by atoms with E-state index in [4.69, 9.17) is 14.2 Å². The molecule has 1 atom stereocenters. The Morgan fingerprint density at radius 2 is 2.25 bits per heavy atom. The topological polar surface area (TPSA) is 62.6 Å². The van der Waals surface area contributed by atoms with Crippen LogP contribution < -0.4 is 10.4 Å². The quantitative estimate of drug-likeness (QED) is 0.744. The Bertz CT molecular complexity index is 990. The molecule has 2 aliphatic heterocycles. The molecule has 0 N–H and O–H groups in total. The van der Waals surface area contributed by atoms with E-state index in [1.165, 1.54) is 24.8 Å². The molecule has 0 spiro atoms. The molecule has 1 saturated carbocycles. The molecule has 2 aromatic rings. The number of ether oxygens (including phenoxy) is 3. The lowest BCUT2D eigenvalue weighted by Crippen LogP contribution is -2.34. The predicted molar refractivity (Wildman–Crippen MR) is 106 cm³/mol. The fourth-order valence-corrected chi connectivity index (χ4v) is 4.72. The highest BCUT2D eigenvalue weighted by Crippen LogP contribution is 2.36. The van der Waals surface area contributed by atoms with E-state index >= 15 is 0 Å². The van der Waals surface area contributed by atoms with Crippen molar-refractivity contribution in [3.8, 4) is 28.3 Å². The largest absolute Gasteiger partial charge is 0.475 e. The Morgan fingerprint density at radius 3 is 3.04 bits per heavy atom. The molecule has 1 aliphatic carbocycles. The first-order valence-electron chi connectivity index (χ1n) is 9.85. The van der Waals surface area contributed by atoms with E-state index in [2.05, 4.69) is 22.9 Å². The first-order valence-corrected chi connectivity index (χ1v) is 10.7.